The number of hydrogen-bond donors (Lipinski definition) is 0. The van der Waals surface area contributed by atoms with E-state index in [1.807, 2.05) is 0 Å². The molecule has 0 saturated heterocycles. The second-order valence-corrected chi connectivity index (χ2v) is 9.60. The van der Waals surface area contributed by atoms with Crippen LogP contribution in [0.2, 0.25) is 0 Å². The minimum absolute atomic E-state index is 0.675. The summed E-state index contributed by atoms with van der Waals surface area (Å²) in [5, 5.41) is 0. The third-order valence-corrected chi connectivity index (χ3v) is 8.77. The standard InChI is InChI=1S/C20H33/c1-12(2)14-8-10-19(4)15(14)9-11-20(5)16-7-6-13(3)17(16)18(19)20/h13-18H,6-11H2,1-5H3/q+1. The van der Waals surface area contributed by atoms with Crippen molar-refractivity contribution in [2.75, 3.05) is 0 Å². The van der Waals surface area contributed by atoms with Crippen LogP contribution < -0.4 is 0 Å². The van der Waals surface area contributed by atoms with E-state index in [0.29, 0.717) is 5.41 Å². The van der Waals surface area contributed by atoms with Crippen molar-refractivity contribution in [2.45, 2.75) is 73.1 Å². The first-order valence-corrected chi connectivity index (χ1v) is 9.19. The molecule has 0 nitrogen and oxygen atoms in total. The lowest BCUT2D eigenvalue weighted by Crippen LogP contribution is -2.64. The molecule has 20 heavy (non-hydrogen) atoms. The maximum atomic E-state index is 2.70. The maximum absolute atomic E-state index is 2.70. The molecule has 112 valence electrons. The van der Waals surface area contributed by atoms with Crippen LogP contribution in [0.25, 0.3) is 0 Å². The molecule has 0 spiro atoms. The van der Waals surface area contributed by atoms with Gasteiger partial charge in [0, 0.05) is 5.92 Å². The van der Waals surface area contributed by atoms with Crippen molar-refractivity contribution in [1.82, 2.24) is 0 Å². The summed E-state index contributed by atoms with van der Waals surface area (Å²) in [5.74, 6) is 7.92. The van der Waals surface area contributed by atoms with Crippen molar-refractivity contribution in [3.8, 4) is 0 Å². The number of hydrogen-bond acceptors (Lipinski definition) is 0. The van der Waals surface area contributed by atoms with Gasteiger partial charge in [0.15, 0.2) is 0 Å². The van der Waals surface area contributed by atoms with E-state index < -0.39 is 0 Å². The van der Waals surface area contributed by atoms with E-state index >= 15 is 0 Å². The Kier molecular flexibility index (Phi) is 2.70. The summed E-state index contributed by atoms with van der Waals surface area (Å²) in [6.07, 6.45) is 9.13. The minimum Gasteiger partial charge on any atom is -0.0622 e. The third kappa shape index (κ3) is 1.37. The second-order valence-electron chi connectivity index (χ2n) is 9.60. The van der Waals surface area contributed by atoms with E-state index in [2.05, 4.69) is 34.6 Å². The molecular formula is C20H33+. The molecule has 4 saturated carbocycles. The van der Waals surface area contributed by atoms with E-state index in [4.69, 9.17) is 0 Å². The zero-order chi connectivity index (χ0) is 14.3. The molecule has 0 aromatic rings. The van der Waals surface area contributed by atoms with Gasteiger partial charge in [0.1, 0.15) is 5.92 Å². The van der Waals surface area contributed by atoms with Gasteiger partial charge in [-0.3, -0.25) is 0 Å². The summed E-state index contributed by atoms with van der Waals surface area (Å²) in [4.78, 5) is 0. The fourth-order valence-electron chi connectivity index (χ4n) is 8.03. The molecule has 0 amide bonds. The lowest BCUT2D eigenvalue weighted by molar-refractivity contribution is -0.213. The Balaban J connectivity index is 1.69. The fraction of sp³-hybridized carbons (Fsp3) is 0.950. The quantitative estimate of drug-likeness (QED) is 0.536. The summed E-state index contributed by atoms with van der Waals surface area (Å²) in [6, 6.07) is 0. The highest BCUT2D eigenvalue weighted by Gasteiger charge is 2.72. The first-order chi connectivity index (χ1) is 9.39. The van der Waals surface area contributed by atoms with Gasteiger partial charge in [-0.15, -0.1) is 0 Å². The lowest BCUT2D eigenvalue weighted by atomic mass is 9.35. The molecule has 0 aromatic heterocycles. The van der Waals surface area contributed by atoms with E-state index in [9.17, 15) is 0 Å². The van der Waals surface area contributed by atoms with Crippen molar-refractivity contribution in [1.29, 1.82) is 0 Å². The molecule has 0 N–H and O–H groups in total. The molecule has 0 aliphatic heterocycles. The van der Waals surface area contributed by atoms with Gasteiger partial charge in [-0.05, 0) is 66.6 Å². The highest BCUT2D eigenvalue weighted by molar-refractivity contribution is 5.20. The third-order valence-electron chi connectivity index (χ3n) is 8.77. The lowest BCUT2D eigenvalue weighted by Gasteiger charge is -2.69. The minimum atomic E-state index is 0.675. The van der Waals surface area contributed by atoms with Gasteiger partial charge in [0.2, 0.25) is 0 Å². The molecule has 0 heteroatoms. The van der Waals surface area contributed by atoms with Gasteiger partial charge in [-0.25, -0.2) is 0 Å². The van der Waals surface area contributed by atoms with Gasteiger partial charge >= 0.3 is 0 Å². The van der Waals surface area contributed by atoms with Crippen LogP contribution in [-0.4, -0.2) is 0 Å². The van der Waals surface area contributed by atoms with Crippen LogP contribution in [0.1, 0.15) is 73.1 Å². The van der Waals surface area contributed by atoms with Crippen molar-refractivity contribution in [3.05, 3.63) is 5.92 Å². The number of rotatable bonds is 1. The van der Waals surface area contributed by atoms with Gasteiger partial charge in [0.25, 0.3) is 0 Å². The van der Waals surface area contributed by atoms with Crippen LogP contribution >= 0.6 is 0 Å². The van der Waals surface area contributed by atoms with E-state index in [1.165, 1.54) is 32.1 Å². The fourth-order valence-corrected chi connectivity index (χ4v) is 8.03. The molecule has 4 aliphatic carbocycles. The van der Waals surface area contributed by atoms with Crippen LogP contribution in [0, 0.1) is 52.3 Å². The van der Waals surface area contributed by atoms with E-state index in [1.54, 1.807) is 12.3 Å². The normalized spacial score (nSPS) is 60.5. The van der Waals surface area contributed by atoms with Gasteiger partial charge in [-0.1, -0.05) is 27.2 Å². The summed E-state index contributed by atoms with van der Waals surface area (Å²) >= 11 is 0. The molecule has 8 unspecified atom stereocenters. The van der Waals surface area contributed by atoms with Crippen LogP contribution in [0.5, 0.6) is 0 Å². The van der Waals surface area contributed by atoms with Crippen LogP contribution in [0.3, 0.4) is 0 Å². The van der Waals surface area contributed by atoms with Crippen molar-refractivity contribution >= 4 is 0 Å². The molecule has 0 radical (unpaired) electrons. The smallest absolute Gasteiger partial charge is 0.0622 e. The van der Waals surface area contributed by atoms with Crippen LogP contribution in [-0.2, 0) is 0 Å². The van der Waals surface area contributed by atoms with Crippen LogP contribution in [0.15, 0.2) is 0 Å². The topological polar surface area (TPSA) is 0 Å². The highest BCUT2D eigenvalue weighted by atomic mass is 14.8. The largest absolute Gasteiger partial charge is 0.103 e. The highest BCUT2D eigenvalue weighted by Crippen LogP contribution is 2.77. The molecule has 4 fully saturated rings. The van der Waals surface area contributed by atoms with Crippen LogP contribution in [0.4, 0.5) is 0 Å². The molecular weight excluding hydrogens is 240 g/mol. The first-order valence-electron chi connectivity index (χ1n) is 9.19. The van der Waals surface area contributed by atoms with Crippen molar-refractivity contribution in [3.63, 3.8) is 0 Å². The molecule has 0 bridgehead atoms. The SMILES string of the molecule is C[C+](C)C1CCC2(C)C1CCC1(C)C3CCC(C)C3C21. The van der Waals surface area contributed by atoms with Crippen molar-refractivity contribution in [2.24, 2.45) is 46.3 Å². The Labute approximate surface area is 126 Å². The average molecular weight is 273 g/mol. The zero-order valence-corrected chi connectivity index (χ0v) is 14.2. The number of fused-ring (bicyclic) bond motifs is 6. The summed E-state index contributed by atoms with van der Waals surface area (Å²) in [6.45, 7) is 12.7. The maximum Gasteiger partial charge on any atom is 0.103 e. The summed E-state index contributed by atoms with van der Waals surface area (Å²) in [7, 11) is 0. The Hall–Kier alpha value is -0.130. The molecule has 0 heterocycles. The predicted octanol–water partition coefficient (Wildman–Crippen LogP) is 5.73. The van der Waals surface area contributed by atoms with E-state index in [0.717, 1.165) is 40.9 Å². The predicted molar refractivity (Wildman–Crippen MR) is 85.1 cm³/mol. The van der Waals surface area contributed by atoms with Crippen molar-refractivity contribution < 1.29 is 0 Å². The zero-order valence-electron chi connectivity index (χ0n) is 14.2. The summed E-state index contributed by atoms with van der Waals surface area (Å²) in [5.41, 5.74) is 1.39. The van der Waals surface area contributed by atoms with Gasteiger partial charge in [-0.2, -0.15) is 0 Å². The molecule has 8 atom stereocenters. The Morgan fingerprint density at radius 2 is 1.50 bits per heavy atom. The molecule has 4 rings (SSSR count). The second kappa shape index (κ2) is 3.99. The van der Waals surface area contributed by atoms with Gasteiger partial charge < -0.3 is 0 Å². The monoisotopic (exact) mass is 273 g/mol. The Bertz CT molecular complexity index is 410. The molecule has 0 aromatic carbocycles. The first kappa shape index (κ1) is 13.5. The van der Waals surface area contributed by atoms with Gasteiger partial charge in [0.05, 0.1) is 19.8 Å². The Morgan fingerprint density at radius 3 is 2.20 bits per heavy atom. The molecule has 4 aliphatic rings. The Morgan fingerprint density at radius 1 is 0.850 bits per heavy atom. The average Bonchev–Trinajstić information content (AvgIpc) is 2.86. The summed E-state index contributed by atoms with van der Waals surface area (Å²) < 4.78 is 0. The van der Waals surface area contributed by atoms with E-state index in [-0.39, 0.29) is 0 Å².